The van der Waals surface area contributed by atoms with Crippen LogP contribution in [-0.2, 0) is 48.4 Å². The predicted octanol–water partition coefficient (Wildman–Crippen LogP) is 0.110. The number of hydrogen-bond acceptors (Lipinski definition) is 11. The minimum Gasteiger partial charge on any atom is -0.508 e. The fourth-order valence-corrected chi connectivity index (χ4v) is 7.04. The van der Waals surface area contributed by atoms with Crippen LogP contribution in [0.25, 0.3) is 0 Å². The number of nitrogens with two attached hydrogens (primary N) is 2. The summed E-state index contributed by atoms with van der Waals surface area (Å²) in [6, 6.07) is 11.4. The van der Waals surface area contributed by atoms with E-state index in [1.807, 2.05) is 29.2 Å². The molecule has 3 aromatic carbocycles. The van der Waals surface area contributed by atoms with Crippen LogP contribution in [0.5, 0.6) is 5.75 Å². The zero-order valence-corrected chi connectivity index (χ0v) is 37.7. The number of anilines is 1. The van der Waals surface area contributed by atoms with Gasteiger partial charge in [0.05, 0.1) is 6.61 Å². The van der Waals surface area contributed by atoms with Crippen LogP contribution in [0, 0.1) is 11.6 Å². The van der Waals surface area contributed by atoms with Crippen molar-refractivity contribution in [2.24, 2.45) is 16.5 Å². The molecule has 0 bridgehead atoms. The molecule has 14 N–H and O–H groups in total. The van der Waals surface area contributed by atoms with Crippen molar-refractivity contribution in [1.29, 1.82) is 0 Å². The summed E-state index contributed by atoms with van der Waals surface area (Å²) in [4.78, 5) is 94.9. The molecule has 0 fully saturated rings. The lowest BCUT2D eigenvalue weighted by atomic mass is 10.0. The van der Waals surface area contributed by atoms with Crippen LogP contribution in [0.1, 0.15) is 73.7 Å². The molecule has 0 spiro atoms. The second kappa shape index (κ2) is 27.4. The molecule has 0 aromatic heterocycles. The Bertz CT molecular complexity index is 2240. The molecule has 3 atom stereocenters. The molecular weight excluding hydrogens is 891 g/mol. The number of rotatable bonds is 25. The van der Waals surface area contributed by atoms with Gasteiger partial charge in [-0.2, -0.15) is 4.99 Å². The van der Waals surface area contributed by atoms with Crippen LogP contribution in [0.3, 0.4) is 0 Å². The number of amides is 8. The number of aliphatic hydroxyl groups is 1. The van der Waals surface area contributed by atoms with Crippen molar-refractivity contribution in [2.45, 2.75) is 83.2 Å². The molecule has 0 radical (unpaired) electrons. The lowest BCUT2D eigenvalue weighted by Crippen LogP contribution is -2.50. The molecule has 1 aliphatic rings. The number of hydrogen-bond donors (Lipinski definition) is 12. The minimum atomic E-state index is -1.28. The Labute approximate surface area is 391 Å². The standard InChI is InChI=1S/C45H60F2N12O9/c1-2-37(62)50-18-19-53-45(68)58-44(49)52-17-6-12-35(41(65)54-23-32-33(46)21-31(61)22-34(32)47)57-43(67)40(59-24-28-8-3-4-9-29(28)25-59)27-10-5-11-30(20-27)55-38(63)13-7-16-51-42(66)36(26-60)56-39(64)14-15-48/h3-5,8-11,20-22,35-36,40,60-61H,2,6-7,12-19,23-26,48H2,1H3,(H,50,62)(H,51,66)(H,54,65)(H,55,63)(H,56,64)(H,57,67)(H4,49,52,53,58,68)/t35-,36-,40?/m1/s1. The fourth-order valence-electron chi connectivity index (χ4n) is 7.04. The summed E-state index contributed by atoms with van der Waals surface area (Å²) in [5.74, 6) is -6.18. The maximum absolute atomic E-state index is 14.6. The molecule has 4 rings (SSSR count). The summed E-state index contributed by atoms with van der Waals surface area (Å²) in [6.07, 6.45) is 0.598. The van der Waals surface area contributed by atoms with E-state index in [-0.39, 0.29) is 83.1 Å². The summed E-state index contributed by atoms with van der Waals surface area (Å²) in [7, 11) is 0. The molecule has 0 saturated heterocycles. The van der Waals surface area contributed by atoms with E-state index in [1.165, 1.54) is 0 Å². The third kappa shape index (κ3) is 17.2. The Balaban J connectivity index is 1.47. The van der Waals surface area contributed by atoms with E-state index < -0.39 is 89.8 Å². The number of halogens is 2. The van der Waals surface area contributed by atoms with Gasteiger partial charge in [-0.1, -0.05) is 43.3 Å². The average Bonchev–Trinajstić information content (AvgIpc) is 3.72. The van der Waals surface area contributed by atoms with Gasteiger partial charge in [-0.15, -0.1) is 0 Å². The van der Waals surface area contributed by atoms with Gasteiger partial charge in [0, 0.05) is 95.0 Å². The Morgan fingerprint density at radius 1 is 0.735 bits per heavy atom. The zero-order valence-electron chi connectivity index (χ0n) is 37.7. The van der Waals surface area contributed by atoms with Crippen molar-refractivity contribution in [3.05, 3.63) is 94.6 Å². The molecule has 368 valence electrons. The number of carbonyl (C=O) groups excluding carboxylic acids is 7. The highest BCUT2D eigenvalue weighted by atomic mass is 19.1. The Morgan fingerprint density at radius 3 is 2.06 bits per heavy atom. The van der Waals surface area contributed by atoms with Crippen molar-refractivity contribution in [3.8, 4) is 5.75 Å². The van der Waals surface area contributed by atoms with Crippen LogP contribution >= 0.6 is 0 Å². The highest BCUT2D eigenvalue weighted by molar-refractivity contribution is 5.93. The quantitative estimate of drug-likeness (QED) is 0.0305. The van der Waals surface area contributed by atoms with Crippen molar-refractivity contribution in [2.75, 3.05) is 44.6 Å². The number of carbonyl (C=O) groups is 7. The van der Waals surface area contributed by atoms with Gasteiger partial charge in [-0.3, -0.25) is 33.7 Å². The summed E-state index contributed by atoms with van der Waals surface area (Å²) in [6.45, 7) is 1.66. The highest BCUT2D eigenvalue weighted by Crippen LogP contribution is 2.33. The van der Waals surface area contributed by atoms with Crippen LogP contribution in [-0.4, -0.2) is 114 Å². The Morgan fingerprint density at radius 2 is 1.40 bits per heavy atom. The van der Waals surface area contributed by atoms with Gasteiger partial charge in [-0.05, 0) is 48.1 Å². The minimum absolute atomic E-state index is 0.0174. The number of aromatic hydroxyl groups is 1. The van der Waals surface area contributed by atoms with E-state index in [0.29, 0.717) is 36.5 Å². The second-order valence-electron chi connectivity index (χ2n) is 15.7. The van der Waals surface area contributed by atoms with Gasteiger partial charge in [0.1, 0.15) is 35.5 Å². The number of aliphatic imine (C=N–C) groups is 1. The molecule has 1 aliphatic heterocycles. The molecule has 0 aliphatic carbocycles. The third-order valence-corrected chi connectivity index (χ3v) is 10.5. The van der Waals surface area contributed by atoms with E-state index in [2.05, 4.69) is 47.5 Å². The van der Waals surface area contributed by atoms with E-state index in [1.54, 1.807) is 31.2 Å². The van der Waals surface area contributed by atoms with E-state index in [0.717, 1.165) is 11.1 Å². The first-order valence-electron chi connectivity index (χ1n) is 22.1. The molecule has 21 nitrogen and oxygen atoms in total. The zero-order chi connectivity index (χ0) is 49.6. The highest BCUT2D eigenvalue weighted by Gasteiger charge is 2.34. The first-order valence-corrected chi connectivity index (χ1v) is 22.1. The molecule has 68 heavy (non-hydrogen) atoms. The SMILES string of the molecule is CCC(=O)NCCNC(=O)/N=C(/N)NCCC[C@@H](NC(=O)C(c1cccc(NC(=O)CCCNC(=O)[C@@H](CO)NC(=O)CCN)c1)N1Cc2ccccc2C1)C(=O)NCc1c(F)cc(O)cc1F. The number of guanidine groups is 1. The number of nitrogens with one attached hydrogen (secondary N) is 8. The first kappa shape index (κ1) is 53.4. The van der Waals surface area contributed by atoms with Crippen LogP contribution in [0.15, 0.2) is 65.7 Å². The topological polar surface area (TPSA) is 324 Å². The number of nitrogens with zero attached hydrogens (tertiary/aromatic N) is 2. The van der Waals surface area contributed by atoms with Crippen molar-refractivity contribution >= 4 is 53.1 Å². The monoisotopic (exact) mass is 950 g/mol. The number of urea groups is 1. The maximum atomic E-state index is 14.6. The van der Waals surface area contributed by atoms with E-state index in [9.17, 15) is 52.6 Å². The lowest BCUT2D eigenvalue weighted by molar-refractivity contribution is -0.132. The number of aliphatic hydroxyl groups excluding tert-OH is 1. The lowest BCUT2D eigenvalue weighted by Gasteiger charge is -2.29. The van der Waals surface area contributed by atoms with Crippen molar-refractivity contribution in [1.82, 2.24) is 42.1 Å². The van der Waals surface area contributed by atoms with E-state index in [4.69, 9.17) is 11.5 Å². The molecule has 0 saturated carbocycles. The molecule has 8 amide bonds. The van der Waals surface area contributed by atoms with Gasteiger partial charge < -0.3 is 64.2 Å². The number of fused-ring (bicyclic) bond motifs is 1. The summed E-state index contributed by atoms with van der Waals surface area (Å²) >= 11 is 0. The second-order valence-corrected chi connectivity index (χ2v) is 15.7. The van der Waals surface area contributed by atoms with E-state index >= 15 is 0 Å². The molecule has 3 aromatic rings. The summed E-state index contributed by atoms with van der Waals surface area (Å²) in [5, 5.41) is 40.1. The van der Waals surface area contributed by atoms with Crippen LogP contribution in [0.4, 0.5) is 19.3 Å². The number of phenols is 1. The largest absolute Gasteiger partial charge is 0.508 e. The normalized spacial score (nSPS) is 13.5. The number of benzene rings is 3. The molecular formula is C45H60F2N12O9. The maximum Gasteiger partial charge on any atom is 0.344 e. The fraction of sp³-hybridized carbons (Fsp3) is 0.422. The van der Waals surface area contributed by atoms with Crippen LogP contribution < -0.4 is 54.0 Å². The Hall–Kier alpha value is -7.24. The third-order valence-electron chi connectivity index (χ3n) is 10.5. The van der Waals surface area contributed by atoms with Crippen molar-refractivity contribution in [3.63, 3.8) is 0 Å². The van der Waals surface area contributed by atoms with Gasteiger partial charge in [0.25, 0.3) is 0 Å². The van der Waals surface area contributed by atoms with Crippen molar-refractivity contribution < 1.29 is 52.6 Å². The molecule has 23 heteroatoms. The molecule has 1 heterocycles. The Kier molecular flexibility index (Phi) is 21.5. The average molecular weight is 951 g/mol. The van der Waals surface area contributed by atoms with Gasteiger partial charge >= 0.3 is 6.03 Å². The molecule has 1 unspecified atom stereocenters. The summed E-state index contributed by atoms with van der Waals surface area (Å²) in [5.41, 5.74) is 13.5. The predicted molar refractivity (Wildman–Crippen MR) is 246 cm³/mol. The number of phenolic OH excluding ortho intramolecular Hbond substituents is 1. The van der Waals surface area contributed by atoms with Gasteiger partial charge in [-0.25, -0.2) is 13.6 Å². The van der Waals surface area contributed by atoms with Gasteiger partial charge in [0.15, 0.2) is 5.96 Å². The first-order chi connectivity index (χ1) is 32.6. The van der Waals surface area contributed by atoms with Gasteiger partial charge in [0.2, 0.25) is 35.4 Å². The van der Waals surface area contributed by atoms with Crippen LogP contribution in [0.2, 0.25) is 0 Å². The smallest absolute Gasteiger partial charge is 0.344 e. The summed E-state index contributed by atoms with van der Waals surface area (Å²) < 4.78 is 29.3.